The lowest BCUT2D eigenvalue weighted by Gasteiger charge is -2.09. The standard InChI is InChI=1S/C14H21N5O/c1-4-11(20)9-19-14(12-8-15-5-6-16-12)17-13(18-19)7-10(2)3/h5-6,8,10-11,20H,4,7,9H2,1-3H3/t11-/m1/s1. The molecule has 2 heterocycles. The molecule has 0 aromatic carbocycles. The summed E-state index contributed by atoms with van der Waals surface area (Å²) >= 11 is 0. The SMILES string of the molecule is CC[C@@H](O)Cn1nc(CC(C)C)nc1-c1cnccn1. The predicted molar refractivity (Wildman–Crippen MR) is 75.9 cm³/mol. The highest BCUT2D eigenvalue weighted by Gasteiger charge is 2.16. The lowest BCUT2D eigenvalue weighted by Crippen LogP contribution is -2.17. The molecule has 0 aliphatic rings. The van der Waals surface area contributed by atoms with Gasteiger partial charge in [0.25, 0.3) is 0 Å². The summed E-state index contributed by atoms with van der Waals surface area (Å²) in [6, 6.07) is 0. The van der Waals surface area contributed by atoms with Gasteiger partial charge >= 0.3 is 0 Å². The lowest BCUT2D eigenvalue weighted by molar-refractivity contribution is 0.145. The molecule has 1 N–H and O–H groups in total. The van der Waals surface area contributed by atoms with Gasteiger partial charge in [-0.2, -0.15) is 5.10 Å². The van der Waals surface area contributed by atoms with E-state index in [1.807, 2.05) is 6.92 Å². The van der Waals surface area contributed by atoms with Gasteiger partial charge in [0.2, 0.25) is 0 Å². The minimum Gasteiger partial charge on any atom is -0.391 e. The first-order chi connectivity index (χ1) is 9.60. The summed E-state index contributed by atoms with van der Waals surface area (Å²) in [7, 11) is 0. The maximum absolute atomic E-state index is 9.85. The van der Waals surface area contributed by atoms with Crippen molar-refractivity contribution >= 4 is 0 Å². The van der Waals surface area contributed by atoms with Crippen LogP contribution >= 0.6 is 0 Å². The molecule has 0 saturated heterocycles. The van der Waals surface area contributed by atoms with E-state index in [1.165, 1.54) is 0 Å². The monoisotopic (exact) mass is 275 g/mol. The number of nitrogens with zero attached hydrogens (tertiary/aromatic N) is 5. The normalized spacial score (nSPS) is 12.8. The summed E-state index contributed by atoms with van der Waals surface area (Å²) in [4.78, 5) is 12.9. The third-order valence-corrected chi connectivity index (χ3v) is 2.95. The fraction of sp³-hybridized carbons (Fsp3) is 0.571. The highest BCUT2D eigenvalue weighted by atomic mass is 16.3. The van der Waals surface area contributed by atoms with E-state index in [1.54, 1.807) is 23.3 Å². The van der Waals surface area contributed by atoms with Gasteiger partial charge in [-0.25, -0.2) is 14.6 Å². The summed E-state index contributed by atoms with van der Waals surface area (Å²) in [6.07, 6.45) is 5.98. The van der Waals surface area contributed by atoms with Crippen LogP contribution in [0.2, 0.25) is 0 Å². The number of hydrogen-bond donors (Lipinski definition) is 1. The van der Waals surface area contributed by atoms with E-state index in [0.29, 0.717) is 30.4 Å². The fourth-order valence-corrected chi connectivity index (χ4v) is 1.90. The molecular weight excluding hydrogens is 254 g/mol. The van der Waals surface area contributed by atoms with E-state index in [9.17, 15) is 5.11 Å². The van der Waals surface area contributed by atoms with Crippen LogP contribution in [-0.4, -0.2) is 35.9 Å². The molecule has 0 amide bonds. The summed E-state index contributed by atoms with van der Waals surface area (Å²) in [6.45, 7) is 6.62. The van der Waals surface area contributed by atoms with Gasteiger partial charge in [0.15, 0.2) is 11.6 Å². The van der Waals surface area contributed by atoms with E-state index in [-0.39, 0.29) is 0 Å². The molecule has 2 rings (SSSR count). The van der Waals surface area contributed by atoms with Crippen molar-refractivity contribution in [1.82, 2.24) is 24.7 Å². The van der Waals surface area contributed by atoms with Crippen LogP contribution in [0.5, 0.6) is 0 Å². The molecule has 0 radical (unpaired) electrons. The van der Waals surface area contributed by atoms with Crippen LogP contribution in [0.3, 0.4) is 0 Å². The Morgan fingerprint density at radius 1 is 1.30 bits per heavy atom. The van der Waals surface area contributed by atoms with Crippen molar-refractivity contribution in [3.8, 4) is 11.5 Å². The molecule has 6 heteroatoms. The van der Waals surface area contributed by atoms with Gasteiger partial charge in [-0.05, 0) is 12.3 Å². The van der Waals surface area contributed by atoms with Crippen LogP contribution in [0, 0.1) is 5.92 Å². The first-order valence-electron chi connectivity index (χ1n) is 6.98. The molecule has 0 aliphatic carbocycles. The molecule has 0 saturated carbocycles. The molecule has 0 fully saturated rings. The lowest BCUT2D eigenvalue weighted by atomic mass is 10.1. The Hall–Kier alpha value is -1.82. The maximum Gasteiger partial charge on any atom is 0.178 e. The number of rotatable bonds is 6. The number of aliphatic hydroxyl groups is 1. The van der Waals surface area contributed by atoms with Crippen LogP contribution in [0.15, 0.2) is 18.6 Å². The molecule has 6 nitrogen and oxygen atoms in total. The summed E-state index contributed by atoms with van der Waals surface area (Å²) in [5.74, 6) is 1.93. The van der Waals surface area contributed by atoms with Gasteiger partial charge in [0, 0.05) is 18.8 Å². The fourth-order valence-electron chi connectivity index (χ4n) is 1.90. The maximum atomic E-state index is 9.85. The van der Waals surface area contributed by atoms with Crippen LogP contribution < -0.4 is 0 Å². The number of aromatic nitrogens is 5. The van der Waals surface area contributed by atoms with Gasteiger partial charge in [-0.3, -0.25) is 4.98 Å². The Morgan fingerprint density at radius 3 is 2.70 bits per heavy atom. The molecule has 0 aliphatic heterocycles. The first-order valence-corrected chi connectivity index (χ1v) is 6.98. The van der Waals surface area contributed by atoms with Gasteiger partial charge in [-0.1, -0.05) is 20.8 Å². The van der Waals surface area contributed by atoms with Crippen LogP contribution in [-0.2, 0) is 13.0 Å². The molecule has 2 aromatic rings. The molecule has 0 unspecified atom stereocenters. The van der Waals surface area contributed by atoms with Crippen molar-refractivity contribution in [2.75, 3.05) is 0 Å². The molecule has 108 valence electrons. The minimum absolute atomic E-state index is 0.424. The van der Waals surface area contributed by atoms with Crippen molar-refractivity contribution in [3.63, 3.8) is 0 Å². The third kappa shape index (κ3) is 3.60. The Morgan fingerprint density at radius 2 is 2.10 bits per heavy atom. The quantitative estimate of drug-likeness (QED) is 0.868. The highest BCUT2D eigenvalue weighted by Crippen LogP contribution is 2.16. The van der Waals surface area contributed by atoms with Crippen LogP contribution in [0.4, 0.5) is 0 Å². The van der Waals surface area contributed by atoms with Crippen molar-refractivity contribution in [2.24, 2.45) is 5.92 Å². The summed E-state index contributed by atoms with van der Waals surface area (Å²) in [5.41, 5.74) is 0.679. The third-order valence-electron chi connectivity index (χ3n) is 2.95. The van der Waals surface area contributed by atoms with E-state index >= 15 is 0 Å². The first kappa shape index (κ1) is 14.6. The smallest absolute Gasteiger partial charge is 0.178 e. The van der Waals surface area contributed by atoms with Gasteiger partial charge < -0.3 is 5.11 Å². The van der Waals surface area contributed by atoms with Crippen LogP contribution in [0.1, 0.15) is 33.0 Å². The zero-order chi connectivity index (χ0) is 14.5. The van der Waals surface area contributed by atoms with E-state index in [0.717, 1.165) is 12.2 Å². The van der Waals surface area contributed by atoms with Gasteiger partial charge in [-0.15, -0.1) is 0 Å². The summed E-state index contributed by atoms with van der Waals surface area (Å²) < 4.78 is 1.73. The van der Waals surface area contributed by atoms with Gasteiger partial charge in [0.1, 0.15) is 5.69 Å². The second kappa shape index (κ2) is 6.56. The molecule has 0 spiro atoms. The van der Waals surface area contributed by atoms with E-state index < -0.39 is 6.10 Å². The minimum atomic E-state index is -0.431. The Balaban J connectivity index is 2.34. The Bertz CT molecular complexity index is 538. The van der Waals surface area contributed by atoms with E-state index in [2.05, 4.69) is 33.9 Å². The largest absolute Gasteiger partial charge is 0.391 e. The molecule has 0 bridgehead atoms. The number of aliphatic hydroxyl groups excluding tert-OH is 1. The predicted octanol–water partition coefficient (Wildman–Crippen LogP) is 1.70. The second-order valence-corrected chi connectivity index (χ2v) is 5.28. The number of hydrogen-bond acceptors (Lipinski definition) is 5. The van der Waals surface area contributed by atoms with E-state index in [4.69, 9.17) is 0 Å². The molecule has 2 aromatic heterocycles. The van der Waals surface area contributed by atoms with Gasteiger partial charge in [0.05, 0.1) is 18.8 Å². The second-order valence-electron chi connectivity index (χ2n) is 5.28. The highest BCUT2D eigenvalue weighted by molar-refractivity contribution is 5.47. The molecule has 1 atom stereocenters. The Kier molecular flexibility index (Phi) is 4.79. The average Bonchev–Trinajstić information content (AvgIpc) is 2.81. The van der Waals surface area contributed by atoms with Crippen molar-refractivity contribution in [1.29, 1.82) is 0 Å². The summed E-state index contributed by atoms with van der Waals surface area (Å²) in [5, 5.41) is 14.3. The van der Waals surface area contributed by atoms with Crippen molar-refractivity contribution in [2.45, 2.75) is 46.3 Å². The molecule has 20 heavy (non-hydrogen) atoms. The van der Waals surface area contributed by atoms with Crippen LogP contribution in [0.25, 0.3) is 11.5 Å². The zero-order valence-electron chi connectivity index (χ0n) is 12.2. The van der Waals surface area contributed by atoms with Crippen molar-refractivity contribution < 1.29 is 5.11 Å². The molecular formula is C14H21N5O. The topological polar surface area (TPSA) is 76.7 Å². The van der Waals surface area contributed by atoms with Crippen molar-refractivity contribution in [3.05, 3.63) is 24.4 Å². The average molecular weight is 275 g/mol. The zero-order valence-corrected chi connectivity index (χ0v) is 12.2. The Labute approximate surface area is 118 Å².